The molecule has 0 aliphatic heterocycles. The predicted octanol–water partition coefficient (Wildman–Crippen LogP) is 4.11. The summed E-state index contributed by atoms with van der Waals surface area (Å²) < 4.78 is 34.4. The standard InChI is InChI=1S/C22H26N2O3S/c1-14-9-15(2)21(16(3)10-14)28(25,26)24-13-22(7-8-22)19-12-23-20-6-5-17(27-4)11-18(19)20/h5-6,9-12,23-24H,7-8,13H2,1-4H3. The molecule has 0 atom stereocenters. The Bertz CT molecular complexity index is 1130. The lowest BCUT2D eigenvalue weighted by Gasteiger charge is -2.18. The zero-order chi connectivity index (χ0) is 20.1. The maximum absolute atomic E-state index is 13.1. The van der Waals surface area contributed by atoms with E-state index in [1.165, 1.54) is 0 Å². The first kappa shape index (κ1) is 19.0. The van der Waals surface area contributed by atoms with Crippen LogP contribution in [-0.2, 0) is 15.4 Å². The number of nitrogens with one attached hydrogen (secondary N) is 2. The molecule has 1 heterocycles. The number of aryl methyl sites for hydroxylation is 3. The Hall–Kier alpha value is -2.31. The summed E-state index contributed by atoms with van der Waals surface area (Å²) in [5.41, 5.74) is 4.67. The van der Waals surface area contributed by atoms with Gasteiger partial charge in [-0.3, -0.25) is 0 Å². The lowest BCUT2D eigenvalue weighted by atomic mass is 9.95. The largest absolute Gasteiger partial charge is 0.497 e. The number of fused-ring (bicyclic) bond motifs is 1. The van der Waals surface area contributed by atoms with E-state index >= 15 is 0 Å². The fourth-order valence-electron chi connectivity index (χ4n) is 4.25. The maximum Gasteiger partial charge on any atom is 0.241 e. The third-order valence-electron chi connectivity index (χ3n) is 5.79. The first-order valence-corrected chi connectivity index (χ1v) is 11.0. The minimum atomic E-state index is -3.57. The van der Waals surface area contributed by atoms with Gasteiger partial charge < -0.3 is 9.72 Å². The summed E-state index contributed by atoms with van der Waals surface area (Å²) in [5, 5.41) is 1.10. The van der Waals surface area contributed by atoms with Crippen molar-refractivity contribution in [3.63, 3.8) is 0 Å². The summed E-state index contributed by atoms with van der Waals surface area (Å²) in [6.07, 6.45) is 3.94. The summed E-state index contributed by atoms with van der Waals surface area (Å²) in [7, 11) is -1.92. The molecule has 1 aromatic heterocycles. The number of aromatic amines is 1. The Labute approximate surface area is 166 Å². The van der Waals surface area contributed by atoms with Crippen LogP contribution in [0.3, 0.4) is 0 Å². The van der Waals surface area contributed by atoms with Gasteiger partial charge >= 0.3 is 0 Å². The molecular formula is C22H26N2O3S. The van der Waals surface area contributed by atoms with Crippen molar-refractivity contribution in [2.45, 2.75) is 43.9 Å². The topological polar surface area (TPSA) is 71.2 Å². The molecule has 4 rings (SSSR count). The average Bonchev–Trinajstić information content (AvgIpc) is 3.30. The van der Waals surface area contributed by atoms with Crippen LogP contribution < -0.4 is 9.46 Å². The first-order valence-electron chi connectivity index (χ1n) is 9.49. The predicted molar refractivity (Wildman–Crippen MR) is 112 cm³/mol. The number of benzene rings is 2. The van der Waals surface area contributed by atoms with Gasteiger partial charge in [-0.1, -0.05) is 17.7 Å². The molecule has 0 radical (unpaired) electrons. The minimum Gasteiger partial charge on any atom is -0.497 e. The molecule has 2 N–H and O–H groups in total. The second kappa shape index (κ2) is 6.64. The van der Waals surface area contributed by atoms with Crippen molar-refractivity contribution < 1.29 is 13.2 Å². The van der Waals surface area contributed by atoms with Crippen molar-refractivity contribution in [3.8, 4) is 5.75 Å². The van der Waals surface area contributed by atoms with Crippen molar-refractivity contribution in [2.24, 2.45) is 0 Å². The molecule has 0 saturated heterocycles. The van der Waals surface area contributed by atoms with Crippen LogP contribution in [0, 0.1) is 20.8 Å². The molecule has 0 bridgehead atoms. The van der Waals surface area contributed by atoms with Crippen LogP contribution in [0.5, 0.6) is 5.75 Å². The molecule has 28 heavy (non-hydrogen) atoms. The normalized spacial score (nSPS) is 15.7. The van der Waals surface area contributed by atoms with Gasteiger partial charge in [0.1, 0.15) is 5.75 Å². The quantitative estimate of drug-likeness (QED) is 0.656. The van der Waals surface area contributed by atoms with Crippen LogP contribution in [0.1, 0.15) is 35.1 Å². The van der Waals surface area contributed by atoms with Crippen LogP contribution >= 0.6 is 0 Å². The molecule has 148 valence electrons. The highest BCUT2D eigenvalue weighted by Crippen LogP contribution is 2.50. The van der Waals surface area contributed by atoms with Crippen molar-refractivity contribution in [3.05, 3.63) is 58.8 Å². The number of sulfonamides is 1. The third kappa shape index (κ3) is 3.20. The van der Waals surface area contributed by atoms with Crippen molar-refractivity contribution in [2.75, 3.05) is 13.7 Å². The molecule has 0 unspecified atom stereocenters. The van der Waals surface area contributed by atoms with E-state index in [4.69, 9.17) is 4.74 Å². The highest BCUT2D eigenvalue weighted by Gasteiger charge is 2.46. The van der Waals surface area contributed by atoms with Crippen molar-refractivity contribution >= 4 is 20.9 Å². The van der Waals surface area contributed by atoms with E-state index in [0.29, 0.717) is 11.4 Å². The molecule has 1 fully saturated rings. The van der Waals surface area contributed by atoms with Gasteiger partial charge in [0.25, 0.3) is 0 Å². The monoisotopic (exact) mass is 398 g/mol. The van der Waals surface area contributed by atoms with Gasteiger partial charge in [-0.2, -0.15) is 0 Å². The van der Waals surface area contributed by atoms with Gasteiger partial charge in [0.15, 0.2) is 0 Å². The summed E-state index contributed by atoms with van der Waals surface area (Å²) >= 11 is 0. The van der Waals surface area contributed by atoms with E-state index in [0.717, 1.165) is 51.7 Å². The molecule has 0 amide bonds. The SMILES string of the molecule is COc1ccc2[nH]cc(C3(CNS(=O)(=O)c4c(C)cc(C)cc4C)CC3)c2c1. The maximum atomic E-state index is 13.1. The molecule has 6 heteroatoms. The third-order valence-corrected chi connectivity index (χ3v) is 7.49. The van der Waals surface area contributed by atoms with Gasteiger partial charge in [-0.05, 0) is 68.5 Å². The number of aromatic nitrogens is 1. The lowest BCUT2D eigenvalue weighted by molar-refractivity contribution is 0.415. The van der Waals surface area contributed by atoms with Crippen LogP contribution in [0.25, 0.3) is 10.9 Å². The average molecular weight is 399 g/mol. The van der Waals surface area contributed by atoms with E-state index < -0.39 is 10.0 Å². The zero-order valence-electron chi connectivity index (χ0n) is 16.7. The fraction of sp³-hybridized carbons (Fsp3) is 0.364. The smallest absolute Gasteiger partial charge is 0.241 e. The number of H-pyrrole nitrogens is 1. The minimum absolute atomic E-state index is 0.163. The van der Waals surface area contributed by atoms with E-state index in [9.17, 15) is 8.42 Å². The molecule has 1 aliphatic carbocycles. The molecule has 3 aromatic rings. The summed E-state index contributed by atoms with van der Waals surface area (Å²) in [6, 6.07) is 9.77. The van der Waals surface area contributed by atoms with Gasteiger partial charge in [-0.25, -0.2) is 13.1 Å². The second-order valence-electron chi connectivity index (χ2n) is 7.95. The number of ether oxygens (including phenoxy) is 1. The Balaban J connectivity index is 1.63. The van der Waals surface area contributed by atoms with Crippen LogP contribution in [0.15, 0.2) is 41.4 Å². The van der Waals surface area contributed by atoms with E-state index in [1.807, 2.05) is 57.3 Å². The summed E-state index contributed by atoms with van der Waals surface area (Å²) in [4.78, 5) is 3.70. The van der Waals surface area contributed by atoms with E-state index in [-0.39, 0.29) is 5.41 Å². The fourth-order valence-corrected chi connectivity index (χ4v) is 5.83. The summed E-state index contributed by atoms with van der Waals surface area (Å²) in [5.74, 6) is 0.802. The van der Waals surface area contributed by atoms with E-state index in [2.05, 4.69) is 9.71 Å². The number of methoxy groups -OCH3 is 1. The number of hydrogen-bond acceptors (Lipinski definition) is 3. The van der Waals surface area contributed by atoms with Crippen LogP contribution in [0.2, 0.25) is 0 Å². The Kier molecular flexibility index (Phi) is 4.51. The van der Waals surface area contributed by atoms with E-state index in [1.54, 1.807) is 7.11 Å². The van der Waals surface area contributed by atoms with Gasteiger partial charge in [0.05, 0.1) is 12.0 Å². The van der Waals surface area contributed by atoms with Crippen LogP contribution in [-0.4, -0.2) is 27.1 Å². The highest BCUT2D eigenvalue weighted by molar-refractivity contribution is 7.89. The van der Waals surface area contributed by atoms with Crippen LogP contribution in [0.4, 0.5) is 0 Å². The Morgan fingerprint density at radius 2 is 1.79 bits per heavy atom. The van der Waals surface area contributed by atoms with Crippen molar-refractivity contribution in [1.29, 1.82) is 0 Å². The molecule has 5 nitrogen and oxygen atoms in total. The molecule has 0 spiro atoms. The molecule has 2 aromatic carbocycles. The van der Waals surface area contributed by atoms with Gasteiger partial charge in [0.2, 0.25) is 10.0 Å². The van der Waals surface area contributed by atoms with Crippen molar-refractivity contribution in [1.82, 2.24) is 9.71 Å². The van der Waals surface area contributed by atoms with Gasteiger partial charge in [-0.15, -0.1) is 0 Å². The zero-order valence-corrected chi connectivity index (χ0v) is 17.5. The lowest BCUT2D eigenvalue weighted by Crippen LogP contribution is -2.33. The number of rotatable bonds is 6. The Morgan fingerprint density at radius 3 is 2.39 bits per heavy atom. The molecule has 1 aliphatic rings. The summed E-state index contributed by atoms with van der Waals surface area (Å²) in [6.45, 7) is 6.08. The first-order chi connectivity index (χ1) is 13.3. The second-order valence-corrected chi connectivity index (χ2v) is 9.65. The highest BCUT2D eigenvalue weighted by atomic mass is 32.2. The number of hydrogen-bond donors (Lipinski definition) is 2. The van der Waals surface area contributed by atoms with Gasteiger partial charge in [0, 0.05) is 29.1 Å². The molecule has 1 saturated carbocycles. The molecular weight excluding hydrogens is 372 g/mol. The Morgan fingerprint density at radius 1 is 1.11 bits per heavy atom.